The summed E-state index contributed by atoms with van der Waals surface area (Å²) in [5.74, 6) is -1.03. The van der Waals surface area contributed by atoms with Gasteiger partial charge in [-0.25, -0.2) is 0 Å². The highest BCUT2D eigenvalue weighted by Gasteiger charge is 2.28. The number of halogens is 3. The maximum atomic E-state index is 12.5. The summed E-state index contributed by atoms with van der Waals surface area (Å²) in [6.07, 6.45) is -3.71. The third-order valence-electron chi connectivity index (χ3n) is 4.24. The number of carbonyl (C=O) groups is 2. The number of hydrogen-bond acceptors (Lipinski definition) is 3. The lowest BCUT2D eigenvalue weighted by Gasteiger charge is -2.19. The average Bonchev–Trinajstić information content (AvgIpc) is 3.08. The van der Waals surface area contributed by atoms with Crippen LogP contribution in [0.4, 0.5) is 24.5 Å². The van der Waals surface area contributed by atoms with Crippen LogP contribution >= 0.6 is 0 Å². The lowest BCUT2D eigenvalue weighted by Crippen LogP contribution is -2.35. The van der Waals surface area contributed by atoms with Gasteiger partial charge in [-0.15, -0.1) is 0 Å². The number of benzene rings is 2. The van der Waals surface area contributed by atoms with Crippen molar-refractivity contribution in [3.05, 3.63) is 59.7 Å². The molecule has 2 aromatic rings. The molecular formula is C19H18F3N3O2. The van der Waals surface area contributed by atoms with Crippen molar-refractivity contribution in [2.45, 2.75) is 12.6 Å². The molecule has 0 aromatic heterocycles. The van der Waals surface area contributed by atoms with Crippen LogP contribution in [0, 0.1) is 0 Å². The molecule has 0 atom stereocenters. The Kier molecular flexibility index (Phi) is 5.34. The van der Waals surface area contributed by atoms with E-state index in [0.717, 1.165) is 17.7 Å². The van der Waals surface area contributed by atoms with Crippen LogP contribution in [0.1, 0.15) is 15.9 Å². The molecule has 1 heterocycles. The minimum Gasteiger partial charge on any atom is -0.375 e. The van der Waals surface area contributed by atoms with Crippen molar-refractivity contribution >= 4 is 23.2 Å². The molecule has 5 nitrogen and oxygen atoms in total. The minimum atomic E-state index is -4.49. The Balaban J connectivity index is 1.65. The molecule has 0 unspecified atom stereocenters. The van der Waals surface area contributed by atoms with Crippen molar-refractivity contribution in [2.75, 3.05) is 29.9 Å². The Hall–Kier alpha value is -3.03. The van der Waals surface area contributed by atoms with E-state index in [2.05, 4.69) is 5.32 Å². The number of anilines is 2. The molecule has 2 aromatic carbocycles. The second kappa shape index (κ2) is 7.69. The van der Waals surface area contributed by atoms with E-state index in [1.54, 1.807) is 23.1 Å². The Morgan fingerprint density at radius 2 is 1.74 bits per heavy atom. The third-order valence-corrected chi connectivity index (χ3v) is 4.24. The Labute approximate surface area is 154 Å². The predicted octanol–water partition coefficient (Wildman–Crippen LogP) is 2.98. The molecule has 0 saturated carbocycles. The largest absolute Gasteiger partial charge is 0.405 e. The van der Waals surface area contributed by atoms with Gasteiger partial charge in [-0.1, -0.05) is 30.3 Å². The van der Waals surface area contributed by atoms with Crippen molar-refractivity contribution in [1.29, 1.82) is 0 Å². The lowest BCUT2D eigenvalue weighted by atomic mass is 10.1. The van der Waals surface area contributed by atoms with Crippen LogP contribution in [-0.4, -0.2) is 37.6 Å². The number of nitrogens with zero attached hydrogens (tertiary/aromatic N) is 1. The van der Waals surface area contributed by atoms with Crippen molar-refractivity contribution in [3.63, 3.8) is 0 Å². The Bertz CT molecular complexity index is 852. The van der Waals surface area contributed by atoms with Gasteiger partial charge < -0.3 is 15.5 Å². The molecular weight excluding hydrogens is 359 g/mol. The van der Waals surface area contributed by atoms with Crippen molar-refractivity contribution in [3.8, 4) is 0 Å². The average molecular weight is 377 g/mol. The van der Waals surface area contributed by atoms with Crippen LogP contribution in [0.5, 0.6) is 0 Å². The predicted molar refractivity (Wildman–Crippen MR) is 95.8 cm³/mol. The lowest BCUT2D eigenvalue weighted by molar-refractivity contribution is -0.123. The number of fused-ring (bicyclic) bond motifs is 1. The van der Waals surface area contributed by atoms with Crippen LogP contribution in [0.2, 0.25) is 0 Å². The number of para-hydroxylation sites is 2. The highest BCUT2D eigenvalue weighted by Crippen LogP contribution is 2.27. The summed E-state index contributed by atoms with van der Waals surface area (Å²) in [5.41, 5.74) is 2.31. The van der Waals surface area contributed by atoms with Crippen LogP contribution in [-0.2, 0) is 11.2 Å². The fraction of sp³-hybridized carbons (Fsp3) is 0.263. The van der Waals surface area contributed by atoms with Gasteiger partial charge >= 0.3 is 6.18 Å². The molecule has 3 rings (SSSR count). The number of nitrogens with one attached hydrogen (secondary N) is 2. The molecule has 0 spiro atoms. The first-order chi connectivity index (χ1) is 12.8. The summed E-state index contributed by atoms with van der Waals surface area (Å²) in [4.78, 5) is 26.2. The van der Waals surface area contributed by atoms with Gasteiger partial charge in [-0.2, -0.15) is 13.2 Å². The summed E-state index contributed by atoms with van der Waals surface area (Å²) in [6, 6.07) is 13.8. The first-order valence-corrected chi connectivity index (χ1v) is 8.41. The molecule has 0 fully saturated rings. The van der Waals surface area contributed by atoms with E-state index in [1.807, 2.05) is 29.6 Å². The summed E-state index contributed by atoms with van der Waals surface area (Å²) in [6.45, 7) is -0.908. The van der Waals surface area contributed by atoms with Gasteiger partial charge in [0.05, 0.1) is 12.1 Å². The van der Waals surface area contributed by atoms with Gasteiger partial charge in [0.25, 0.3) is 5.91 Å². The maximum absolute atomic E-state index is 12.5. The monoisotopic (exact) mass is 377 g/mol. The number of amides is 2. The Morgan fingerprint density at radius 1 is 1.04 bits per heavy atom. The first kappa shape index (κ1) is 18.8. The second-order valence-corrected chi connectivity index (χ2v) is 6.12. The molecule has 8 heteroatoms. The molecule has 0 radical (unpaired) electrons. The van der Waals surface area contributed by atoms with E-state index in [1.165, 1.54) is 6.07 Å². The van der Waals surface area contributed by atoms with Gasteiger partial charge in [-0.3, -0.25) is 9.59 Å². The maximum Gasteiger partial charge on any atom is 0.405 e. The topological polar surface area (TPSA) is 61.4 Å². The molecule has 0 saturated heterocycles. The highest BCUT2D eigenvalue weighted by atomic mass is 19.4. The number of hydrogen-bond donors (Lipinski definition) is 2. The Morgan fingerprint density at radius 3 is 2.52 bits per heavy atom. The molecule has 0 aliphatic carbocycles. The van der Waals surface area contributed by atoms with E-state index in [4.69, 9.17) is 0 Å². The quantitative estimate of drug-likeness (QED) is 0.842. The first-order valence-electron chi connectivity index (χ1n) is 8.41. The number of carbonyl (C=O) groups excluding carboxylic acids is 2. The molecule has 27 heavy (non-hydrogen) atoms. The van der Waals surface area contributed by atoms with Crippen LogP contribution < -0.4 is 15.5 Å². The molecule has 0 bridgehead atoms. The standard InChI is InChI=1S/C19H18F3N3O2/c20-19(21,22)12-24-18(27)14-6-2-3-7-15(14)23-11-17(26)25-10-9-13-5-1-4-8-16(13)25/h1-8,23H,9-12H2,(H,24,27). The normalized spacial score (nSPS) is 13.2. The van der Waals surface area contributed by atoms with Crippen molar-refractivity contribution < 1.29 is 22.8 Å². The van der Waals surface area contributed by atoms with Gasteiger partial charge in [0.15, 0.2) is 0 Å². The van der Waals surface area contributed by atoms with E-state index >= 15 is 0 Å². The minimum absolute atomic E-state index is 0.0522. The van der Waals surface area contributed by atoms with Gasteiger partial charge in [0, 0.05) is 17.9 Å². The molecule has 2 amide bonds. The van der Waals surface area contributed by atoms with Crippen LogP contribution in [0.25, 0.3) is 0 Å². The zero-order valence-corrected chi connectivity index (χ0v) is 14.3. The number of rotatable bonds is 5. The third kappa shape index (κ3) is 4.58. The van der Waals surface area contributed by atoms with E-state index in [0.29, 0.717) is 12.2 Å². The molecule has 2 N–H and O–H groups in total. The van der Waals surface area contributed by atoms with Gasteiger partial charge in [0.2, 0.25) is 5.91 Å². The van der Waals surface area contributed by atoms with E-state index < -0.39 is 18.6 Å². The highest BCUT2D eigenvalue weighted by molar-refractivity contribution is 6.01. The SMILES string of the molecule is O=C(NCC(F)(F)F)c1ccccc1NCC(=O)N1CCc2ccccc21. The zero-order valence-electron chi connectivity index (χ0n) is 14.3. The second-order valence-electron chi connectivity index (χ2n) is 6.12. The van der Waals surface area contributed by atoms with Crippen LogP contribution in [0.3, 0.4) is 0 Å². The fourth-order valence-electron chi connectivity index (χ4n) is 2.97. The smallest absolute Gasteiger partial charge is 0.375 e. The number of alkyl halides is 3. The van der Waals surface area contributed by atoms with Crippen molar-refractivity contribution in [1.82, 2.24) is 5.32 Å². The van der Waals surface area contributed by atoms with Gasteiger partial charge in [0.1, 0.15) is 6.54 Å². The van der Waals surface area contributed by atoms with Gasteiger partial charge in [-0.05, 0) is 30.2 Å². The fourth-order valence-corrected chi connectivity index (χ4v) is 2.97. The molecule has 142 valence electrons. The van der Waals surface area contributed by atoms with Crippen LogP contribution in [0.15, 0.2) is 48.5 Å². The van der Waals surface area contributed by atoms with E-state index in [-0.39, 0.29) is 18.0 Å². The summed E-state index contributed by atoms with van der Waals surface area (Å²) in [5, 5.41) is 4.70. The summed E-state index contributed by atoms with van der Waals surface area (Å²) < 4.78 is 36.9. The summed E-state index contributed by atoms with van der Waals surface area (Å²) in [7, 11) is 0. The zero-order chi connectivity index (χ0) is 19.4. The summed E-state index contributed by atoms with van der Waals surface area (Å²) >= 11 is 0. The molecule has 1 aliphatic heterocycles. The molecule has 1 aliphatic rings. The van der Waals surface area contributed by atoms with E-state index in [9.17, 15) is 22.8 Å². The van der Waals surface area contributed by atoms with Crippen molar-refractivity contribution in [2.24, 2.45) is 0 Å².